The van der Waals surface area contributed by atoms with E-state index in [1.807, 2.05) is 9.58 Å². The van der Waals surface area contributed by atoms with Gasteiger partial charge >= 0.3 is 0 Å². The molecule has 2 amide bonds. The minimum atomic E-state index is -0.105. The predicted molar refractivity (Wildman–Crippen MR) is 100 cm³/mol. The lowest BCUT2D eigenvalue weighted by Crippen LogP contribution is -2.38. The van der Waals surface area contributed by atoms with Gasteiger partial charge in [-0.25, -0.2) is 4.68 Å². The molecule has 27 heavy (non-hydrogen) atoms. The van der Waals surface area contributed by atoms with E-state index in [2.05, 4.69) is 17.2 Å². The molecule has 0 N–H and O–H groups in total. The second kappa shape index (κ2) is 6.79. The molecule has 0 atom stereocenters. The van der Waals surface area contributed by atoms with E-state index in [0.29, 0.717) is 30.3 Å². The standard InChI is InChI=1S/C20H25N5O2/c1-13-9-16(10-13)25-18-12-24(8-7-17(18)21-22-25)20(27)15-6-4-5-14(11-15)19(26)23(2)3/h4-6,11,13,16H,7-10,12H2,1-3H3. The molecule has 2 aromatic rings. The van der Waals surface area contributed by atoms with E-state index in [-0.39, 0.29) is 11.8 Å². The molecule has 4 rings (SSSR count). The summed E-state index contributed by atoms with van der Waals surface area (Å²) in [5.74, 6) is 0.573. The molecule has 1 saturated carbocycles. The number of hydrogen-bond donors (Lipinski definition) is 0. The number of hydrogen-bond acceptors (Lipinski definition) is 4. The number of rotatable bonds is 3. The average molecular weight is 367 g/mol. The number of fused-ring (bicyclic) bond motifs is 1. The molecule has 142 valence electrons. The number of amides is 2. The SMILES string of the molecule is CC1CC(n2nnc3c2CN(C(=O)c2cccc(C(=O)N(C)C)c2)CC3)C1. The van der Waals surface area contributed by atoms with Gasteiger partial charge in [0.25, 0.3) is 11.8 Å². The second-order valence-electron chi connectivity index (χ2n) is 7.91. The van der Waals surface area contributed by atoms with Crippen molar-refractivity contribution in [1.29, 1.82) is 0 Å². The summed E-state index contributed by atoms with van der Waals surface area (Å²) in [7, 11) is 3.41. The van der Waals surface area contributed by atoms with E-state index in [1.165, 1.54) is 4.90 Å². The fraction of sp³-hybridized carbons (Fsp3) is 0.500. The van der Waals surface area contributed by atoms with Crippen LogP contribution in [0.25, 0.3) is 0 Å². The van der Waals surface area contributed by atoms with Crippen LogP contribution >= 0.6 is 0 Å². The van der Waals surface area contributed by atoms with E-state index >= 15 is 0 Å². The van der Waals surface area contributed by atoms with Gasteiger partial charge in [-0.05, 0) is 37.0 Å². The fourth-order valence-electron chi connectivity index (χ4n) is 3.96. The van der Waals surface area contributed by atoms with Gasteiger partial charge in [0.05, 0.1) is 24.0 Å². The smallest absolute Gasteiger partial charge is 0.254 e. The van der Waals surface area contributed by atoms with Gasteiger partial charge in [0, 0.05) is 38.2 Å². The molecular weight excluding hydrogens is 342 g/mol. The quantitative estimate of drug-likeness (QED) is 0.833. The highest BCUT2D eigenvalue weighted by atomic mass is 16.2. The number of benzene rings is 1. The van der Waals surface area contributed by atoms with Gasteiger partial charge in [-0.3, -0.25) is 9.59 Å². The van der Waals surface area contributed by atoms with E-state index in [0.717, 1.165) is 36.6 Å². The van der Waals surface area contributed by atoms with Crippen molar-refractivity contribution in [1.82, 2.24) is 24.8 Å². The van der Waals surface area contributed by atoms with Crippen LogP contribution in [-0.4, -0.2) is 57.2 Å². The minimum absolute atomic E-state index is 0.0521. The first-order valence-electron chi connectivity index (χ1n) is 9.48. The molecule has 2 aliphatic rings. The van der Waals surface area contributed by atoms with Gasteiger partial charge in [-0.1, -0.05) is 18.2 Å². The molecule has 0 saturated heterocycles. The number of carbonyl (C=O) groups excluding carboxylic acids is 2. The maximum absolute atomic E-state index is 13.0. The van der Waals surface area contributed by atoms with E-state index < -0.39 is 0 Å². The van der Waals surface area contributed by atoms with Gasteiger partial charge in [-0.15, -0.1) is 5.10 Å². The van der Waals surface area contributed by atoms with Crippen LogP contribution in [-0.2, 0) is 13.0 Å². The molecule has 1 fully saturated rings. The summed E-state index contributed by atoms with van der Waals surface area (Å²) in [6.07, 6.45) is 2.97. The Labute approximate surface area is 158 Å². The molecule has 1 aliphatic heterocycles. The van der Waals surface area contributed by atoms with Crippen LogP contribution in [0.5, 0.6) is 0 Å². The van der Waals surface area contributed by atoms with Crippen molar-refractivity contribution in [2.24, 2.45) is 5.92 Å². The molecule has 1 aromatic heterocycles. The summed E-state index contributed by atoms with van der Waals surface area (Å²) in [5.41, 5.74) is 3.14. The van der Waals surface area contributed by atoms with Crippen LogP contribution in [0.15, 0.2) is 24.3 Å². The highest BCUT2D eigenvalue weighted by molar-refractivity contribution is 5.99. The molecule has 0 spiro atoms. The van der Waals surface area contributed by atoms with Crippen LogP contribution in [0.4, 0.5) is 0 Å². The topological polar surface area (TPSA) is 71.3 Å². The summed E-state index contributed by atoms with van der Waals surface area (Å²) in [5, 5.41) is 8.69. The van der Waals surface area contributed by atoms with Crippen LogP contribution in [0, 0.1) is 5.92 Å². The Balaban J connectivity index is 1.54. The summed E-state index contributed by atoms with van der Waals surface area (Å²) >= 11 is 0. The molecule has 1 aliphatic carbocycles. The molecule has 7 nitrogen and oxygen atoms in total. The monoisotopic (exact) mass is 367 g/mol. The predicted octanol–water partition coefficient (Wildman–Crippen LogP) is 2.15. The van der Waals surface area contributed by atoms with Gasteiger partial charge in [-0.2, -0.15) is 0 Å². The molecule has 1 aromatic carbocycles. The Morgan fingerprint density at radius 2 is 1.93 bits per heavy atom. The molecular formula is C20H25N5O2. The average Bonchev–Trinajstić information content (AvgIpc) is 3.07. The normalized spacial score (nSPS) is 21.4. The highest BCUT2D eigenvalue weighted by Crippen LogP contribution is 2.38. The lowest BCUT2D eigenvalue weighted by Gasteiger charge is -2.35. The Morgan fingerprint density at radius 3 is 2.63 bits per heavy atom. The first-order valence-corrected chi connectivity index (χ1v) is 9.48. The summed E-state index contributed by atoms with van der Waals surface area (Å²) in [6.45, 7) is 3.40. The lowest BCUT2D eigenvalue weighted by atomic mass is 9.82. The van der Waals surface area contributed by atoms with Crippen molar-refractivity contribution in [3.63, 3.8) is 0 Å². The molecule has 7 heteroatoms. The zero-order valence-electron chi connectivity index (χ0n) is 16.1. The third-order valence-corrected chi connectivity index (χ3v) is 5.58. The van der Waals surface area contributed by atoms with E-state index in [9.17, 15) is 9.59 Å². The highest BCUT2D eigenvalue weighted by Gasteiger charge is 2.33. The van der Waals surface area contributed by atoms with Crippen LogP contribution in [0.1, 0.15) is 57.9 Å². The van der Waals surface area contributed by atoms with E-state index in [4.69, 9.17) is 0 Å². The van der Waals surface area contributed by atoms with Crippen molar-refractivity contribution in [2.75, 3.05) is 20.6 Å². The van der Waals surface area contributed by atoms with Crippen molar-refractivity contribution in [2.45, 2.75) is 38.8 Å². The Hall–Kier alpha value is -2.70. The number of carbonyl (C=O) groups is 2. The Morgan fingerprint density at radius 1 is 1.19 bits per heavy atom. The van der Waals surface area contributed by atoms with Crippen molar-refractivity contribution in [3.05, 3.63) is 46.8 Å². The minimum Gasteiger partial charge on any atom is -0.345 e. The largest absolute Gasteiger partial charge is 0.345 e. The van der Waals surface area contributed by atoms with Crippen molar-refractivity contribution in [3.8, 4) is 0 Å². The summed E-state index contributed by atoms with van der Waals surface area (Å²) in [6, 6.07) is 7.37. The van der Waals surface area contributed by atoms with Crippen LogP contribution < -0.4 is 0 Å². The van der Waals surface area contributed by atoms with Gasteiger partial charge < -0.3 is 9.80 Å². The zero-order valence-corrected chi connectivity index (χ0v) is 16.1. The first-order chi connectivity index (χ1) is 12.9. The molecule has 0 unspecified atom stereocenters. The first kappa shape index (κ1) is 17.7. The zero-order chi connectivity index (χ0) is 19.1. The van der Waals surface area contributed by atoms with Crippen LogP contribution in [0.3, 0.4) is 0 Å². The second-order valence-corrected chi connectivity index (χ2v) is 7.91. The number of nitrogens with zero attached hydrogens (tertiary/aromatic N) is 5. The van der Waals surface area contributed by atoms with E-state index in [1.54, 1.807) is 38.4 Å². The third-order valence-electron chi connectivity index (χ3n) is 5.58. The summed E-state index contributed by atoms with van der Waals surface area (Å²) < 4.78 is 2.03. The fourth-order valence-corrected chi connectivity index (χ4v) is 3.96. The van der Waals surface area contributed by atoms with Crippen molar-refractivity contribution < 1.29 is 9.59 Å². The molecule has 0 bridgehead atoms. The van der Waals surface area contributed by atoms with Crippen molar-refractivity contribution >= 4 is 11.8 Å². The Kier molecular flexibility index (Phi) is 4.45. The summed E-state index contributed by atoms with van der Waals surface area (Å²) in [4.78, 5) is 28.6. The third kappa shape index (κ3) is 3.22. The van der Waals surface area contributed by atoms with Gasteiger partial charge in [0.15, 0.2) is 0 Å². The van der Waals surface area contributed by atoms with Crippen LogP contribution in [0.2, 0.25) is 0 Å². The number of aromatic nitrogens is 3. The lowest BCUT2D eigenvalue weighted by molar-refractivity contribution is 0.0723. The molecule has 0 radical (unpaired) electrons. The Bertz CT molecular complexity index is 882. The molecule has 2 heterocycles. The maximum Gasteiger partial charge on any atom is 0.254 e. The van der Waals surface area contributed by atoms with Gasteiger partial charge in [0.1, 0.15) is 0 Å². The van der Waals surface area contributed by atoms with Gasteiger partial charge in [0.2, 0.25) is 0 Å². The maximum atomic E-state index is 13.0.